The molecule has 0 bridgehead atoms. The lowest BCUT2D eigenvalue weighted by Gasteiger charge is -2.11. The summed E-state index contributed by atoms with van der Waals surface area (Å²) in [5, 5.41) is -0.852. The Kier molecular flexibility index (Phi) is 7.90. The molecule has 0 saturated carbocycles. The molecule has 1 heterocycles. The van der Waals surface area contributed by atoms with Crippen LogP contribution in [0.5, 0.6) is 0 Å². The molecule has 0 aliphatic rings. The minimum absolute atomic E-state index is 0.0811. The van der Waals surface area contributed by atoms with Crippen LogP contribution in [0.2, 0.25) is 0 Å². The molecule has 0 radical (unpaired) electrons. The molecule has 12 heteroatoms. The van der Waals surface area contributed by atoms with E-state index in [1.807, 2.05) is 0 Å². The average Bonchev–Trinajstić information content (AvgIpc) is 3.16. The van der Waals surface area contributed by atoms with Crippen LogP contribution in [0.1, 0.15) is 11.8 Å². The molecule has 0 unspecified atom stereocenters. The first kappa shape index (κ1) is 24.9. The van der Waals surface area contributed by atoms with Gasteiger partial charge in [0.1, 0.15) is 12.2 Å². The van der Waals surface area contributed by atoms with E-state index in [4.69, 9.17) is 22.1 Å². The lowest BCUT2D eigenvalue weighted by Crippen LogP contribution is -2.23. The lowest BCUT2D eigenvalue weighted by atomic mass is 10.2. The highest BCUT2D eigenvalue weighted by Gasteiger charge is 2.35. The molecule has 1 aromatic carbocycles. The summed E-state index contributed by atoms with van der Waals surface area (Å²) in [5.41, 5.74) is 3.81. The Morgan fingerprint density at radius 2 is 1.94 bits per heavy atom. The predicted octanol–water partition coefficient (Wildman–Crippen LogP) is 4.14. The second kappa shape index (κ2) is 9.84. The van der Waals surface area contributed by atoms with Crippen LogP contribution < -0.4 is 5.73 Å². The van der Waals surface area contributed by atoms with Crippen molar-refractivity contribution in [1.29, 1.82) is 0 Å². The summed E-state index contributed by atoms with van der Waals surface area (Å²) in [5.74, 6) is -0.743. The fourth-order valence-electron chi connectivity index (χ4n) is 2.36. The summed E-state index contributed by atoms with van der Waals surface area (Å²) < 4.78 is 67.5. The van der Waals surface area contributed by atoms with Crippen molar-refractivity contribution in [3.8, 4) is 10.4 Å². The third-order valence-corrected chi connectivity index (χ3v) is 6.44. The summed E-state index contributed by atoms with van der Waals surface area (Å²) in [4.78, 5) is 16.4. The van der Waals surface area contributed by atoms with E-state index in [0.29, 0.717) is 10.4 Å². The Morgan fingerprint density at radius 3 is 2.52 bits per heavy atom. The molecule has 2 N–H and O–H groups in total. The van der Waals surface area contributed by atoms with E-state index in [2.05, 4.69) is 4.99 Å². The number of thiophene rings is 1. The number of nitrogens with two attached hydrogens (primary N) is 1. The number of hydrogen-bond acceptors (Lipinski definition) is 7. The van der Waals surface area contributed by atoms with Crippen LogP contribution >= 0.6 is 22.9 Å². The SMILES string of the molecule is CCOC(=O)CN=C(C(Cl)=C(N)C(F)(F)F)c1ccc(-c2cccc(S(C)(=O)=O)c2)s1. The number of benzene rings is 1. The first-order valence-electron chi connectivity index (χ1n) is 8.68. The van der Waals surface area contributed by atoms with E-state index in [1.54, 1.807) is 25.1 Å². The summed E-state index contributed by atoms with van der Waals surface area (Å²) >= 11 is 6.91. The van der Waals surface area contributed by atoms with Crippen LogP contribution in [0.25, 0.3) is 10.4 Å². The van der Waals surface area contributed by atoms with Gasteiger partial charge in [0.15, 0.2) is 9.84 Å². The molecule has 0 amide bonds. The molecule has 0 spiro atoms. The first-order chi connectivity index (χ1) is 14.3. The lowest BCUT2D eigenvalue weighted by molar-refractivity contribution is -0.141. The Hall–Kier alpha value is -2.37. The fraction of sp³-hybridized carbons (Fsp3) is 0.263. The molecule has 31 heavy (non-hydrogen) atoms. The van der Waals surface area contributed by atoms with Gasteiger partial charge in [-0.2, -0.15) is 13.2 Å². The molecule has 6 nitrogen and oxygen atoms in total. The van der Waals surface area contributed by atoms with Crippen molar-refractivity contribution in [3.63, 3.8) is 0 Å². The number of allylic oxidation sites excluding steroid dienone is 2. The zero-order valence-corrected chi connectivity index (χ0v) is 18.8. The monoisotopic (exact) mass is 494 g/mol. The van der Waals surface area contributed by atoms with Crippen LogP contribution in [-0.2, 0) is 19.4 Å². The number of aliphatic imine (C=N–C) groups is 1. The van der Waals surface area contributed by atoms with Gasteiger partial charge in [0.2, 0.25) is 0 Å². The van der Waals surface area contributed by atoms with Gasteiger partial charge in [-0.15, -0.1) is 11.3 Å². The molecule has 0 saturated heterocycles. The molecule has 0 atom stereocenters. The van der Waals surface area contributed by atoms with Gasteiger partial charge >= 0.3 is 12.1 Å². The van der Waals surface area contributed by atoms with Crippen LogP contribution in [-0.4, -0.2) is 45.7 Å². The van der Waals surface area contributed by atoms with Gasteiger partial charge < -0.3 is 10.5 Å². The fourth-order valence-corrected chi connectivity index (χ4v) is 4.37. The quantitative estimate of drug-likeness (QED) is 0.460. The van der Waals surface area contributed by atoms with Gasteiger partial charge in [-0.1, -0.05) is 23.7 Å². The number of halogens is 4. The maximum atomic E-state index is 13.1. The summed E-state index contributed by atoms with van der Waals surface area (Å²) in [7, 11) is -3.45. The number of sulfone groups is 1. The van der Waals surface area contributed by atoms with Gasteiger partial charge in [0.05, 0.1) is 27.1 Å². The van der Waals surface area contributed by atoms with E-state index in [-0.39, 0.29) is 22.1 Å². The molecule has 1 aromatic heterocycles. The predicted molar refractivity (Wildman–Crippen MR) is 114 cm³/mol. The number of alkyl halides is 3. The maximum absolute atomic E-state index is 13.1. The van der Waals surface area contributed by atoms with Gasteiger partial charge in [0, 0.05) is 11.1 Å². The van der Waals surface area contributed by atoms with E-state index in [9.17, 15) is 26.4 Å². The molecular formula is C19H18ClF3N2O4S2. The molecule has 2 rings (SSSR count). The molecule has 0 fully saturated rings. The Bertz CT molecular complexity index is 1140. The summed E-state index contributed by atoms with van der Waals surface area (Å²) in [6.45, 7) is 1.10. The van der Waals surface area contributed by atoms with E-state index in [0.717, 1.165) is 17.6 Å². The zero-order chi connectivity index (χ0) is 23.4. The normalized spacial score (nSPS) is 13.7. The van der Waals surface area contributed by atoms with E-state index >= 15 is 0 Å². The van der Waals surface area contributed by atoms with Crippen molar-refractivity contribution in [3.05, 3.63) is 52.0 Å². The van der Waals surface area contributed by atoms with Gasteiger partial charge in [-0.05, 0) is 36.8 Å². The highest BCUT2D eigenvalue weighted by molar-refractivity contribution is 7.90. The number of carbonyl (C=O) groups is 1. The van der Waals surface area contributed by atoms with E-state index in [1.165, 1.54) is 18.2 Å². The number of carbonyl (C=O) groups excluding carboxylic acids is 1. The second-order valence-corrected chi connectivity index (χ2v) is 9.64. The Morgan fingerprint density at radius 1 is 1.26 bits per heavy atom. The first-order valence-corrected chi connectivity index (χ1v) is 11.8. The molecular weight excluding hydrogens is 477 g/mol. The average molecular weight is 495 g/mol. The van der Waals surface area contributed by atoms with Crippen molar-refractivity contribution in [2.45, 2.75) is 18.0 Å². The Labute approximate surface area is 186 Å². The topological polar surface area (TPSA) is 98.8 Å². The van der Waals surface area contributed by atoms with Crippen LogP contribution in [0.3, 0.4) is 0 Å². The molecule has 168 valence electrons. The zero-order valence-electron chi connectivity index (χ0n) is 16.4. The van der Waals surface area contributed by atoms with Gasteiger partial charge in [0.25, 0.3) is 0 Å². The summed E-state index contributed by atoms with van der Waals surface area (Å²) in [6, 6.07) is 9.13. The van der Waals surface area contributed by atoms with Crippen LogP contribution in [0.4, 0.5) is 13.2 Å². The number of rotatable bonds is 7. The minimum Gasteiger partial charge on any atom is -0.465 e. The summed E-state index contributed by atoms with van der Waals surface area (Å²) in [6.07, 6.45) is -3.83. The third kappa shape index (κ3) is 6.55. The van der Waals surface area contributed by atoms with Crippen molar-refractivity contribution < 1.29 is 31.1 Å². The van der Waals surface area contributed by atoms with E-state index < -0.39 is 39.3 Å². The number of nitrogens with zero attached hydrogens (tertiary/aromatic N) is 1. The van der Waals surface area contributed by atoms with Crippen LogP contribution in [0, 0.1) is 0 Å². The largest absolute Gasteiger partial charge is 0.465 e. The van der Waals surface area contributed by atoms with Crippen molar-refractivity contribution in [2.75, 3.05) is 19.4 Å². The Balaban J connectivity index is 2.53. The highest BCUT2D eigenvalue weighted by Crippen LogP contribution is 2.34. The van der Waals surface area contributed by atoms with Crippen molar-refractivity contribution in [1.82, 2.24) is 0 Å². The minimum atomic E-state index is -4.90. The standard InChI is InChI=1S/C19H18ClF3N2O4S2/c1-3-29-15(26)10-25-17(16(20)18(24)19(21,22)23)14-8-7-13(30-14)11-5-4-6-12(9-11)31(2,27)28/h4-9H,3,10,24H2,1-2H3. The van der Waals surface area contributed by atoms with Crippen LogP contribution in [0.15, 0.2) is 57.0 Å². The smallest absolute Gasteiger partial charge is 0.432 e. The molecule has 2 aromatic rings. The highest BCUT2D eigenvalue weighted by atomic mass is 35.5. The maximum Gasteiger partial charge on any atom is 0.432 e. The van der Waals surface area contributed by atoms with Gasteiger partial charge in [-0.25, -0.2) is 8.42 Å². The number of hydrogen-bond donors (Lipinski definition) is 1. The van der Waals surface area contributed by atoms with Crippen molar-refractivity contribution in [2.24, 2.45) is 10.7 Å². The number of ether oxygens (including phenoxy) is 1. The second-order valence-electron chi connectivity index (χ2n) is 6.16. The number of esters is 1. The van der Waals surface area contributed by atoms with Crippen molar-refractivity contribution >= 4 is 44.5 Å². The third-order valence-electron chi connectivity index (χ3n) is 3.81. The van der Waals surface area contributed by atoms with Gasteiger partial charge in [-0.3, -0.25) is 9.79 Å². The molecule has 0 aliphatic heterocycles. The molecule has 0 aliphatic carbocycles.